The smallest absolute Gasteiger partial charge is 0.185 e. The summed E-state index contributed by atoms with van der Waals surface area (Å²) in [5.41, 5.74) is 0. The highest BCUT2D eigenvalue weighted by Gasteiger charge is 2.20. The van der Waals surface area contributed by atoms with Crippen molar-refractivity contribution in [2.45, 2.75) is 6.54 Å². The van der Waals surface area contributed by atoms with E-state index in [1.807, 2.05) is 24.8 Å². The Kier molecular flexibility index (Phi) is 3.95. The molecule has 3 heterocycles. The minimum Gasteiger partial charge on any atom is -0.345 e. The summed E-state index contributed by atoms with van der Waals surface area (Å²) in [5.74, 6) is 0. The molecular formula is C12H17N5S2. The van der Waals surface area contributed by atoms with Crippen LogP contribution in [0, 0.1) is 0 Å². The maximum absolute atomic E-state index is 4.52. The van der Waals surface area contributed by atoms with Crippen molar-refractivity contribution in [2.24, 2.45) is 0 Å². The minimum absolute atomic E-state index is 0.900. The van der Waals surface area contributed by atoms with Crippen molar-refractivity contribution in [1.82, 2.24) is 15.3 Å². The van der Waals surface area contributed by atoms with Gasteiger partial charge in [0, 0.05) is 55.4 Å². The van der Waals surface area contributed by atoms with Crippen molar-refractivity contribution in [2.75, 3.05) is 43.0 Å². The lowest BCUT2D eigenvalue weighted by Gasteiger charge is -2.34. The van der Waals surface area contributed by atoms with Crippen molar-refractivity contribution in [3.8, 4) is 0 Å². The number of thiazole rings is 2. The summed E-state index contributed by atoms with van der Waals surface area (Å²) >= 11 is 3.50. The summed E-state index contributed by atoms with van der Waals surface area (Å²) in [4.78, 5) is 14.9. The summed E-state index contributed by atoms with van der Waals surface area (Å²) in [6, 6.07) is 0. The molecule has 1 N–H and O–H groups in total. The third-order valence-electron chi connectivity index (χ3n) is 3.13. The van der Waals surface area contributed by atoms with Crippen LogP contribution in [0.15, 0.2) is 17.8 Å². The van der Waals surface area contributed by atoms with Gasteiger partial charge < -0.3 is 15.1 Å². The predicted molar refractivity (Wildman–Crippen MR) is 81.4 cm³/mol. The predicted octanol–water partition coefficient (Wildman–Crippen LogP) is 1.65. The zero-order chi connectivity index (χ0) is 13.1. The quantitative estimate of drug-likeness (QED) is 0.929. The fourth-order valence-corrected chi connectivity index (χ4v) is 3.83. The Morgan fingerprint density at radius 3 is 2.53 bits per heavy atom. The molecule has 0 aromatic carbocycles. The maximum atomic E-state index is 4.52. The van der Waals surface area contributed by atoms with Gasteiger partial charge in [-0.1, -0.05) is 0 Å². The molecule has 1 aliphatic rings. The van der Waals surface area contributed by atoms with Crippen molar-refractivity contribution < 1.29 is 0 Å². The molecule has 0 aliphatic carbocycles. The van der Waals surface area contributed by atoms with Gasteiger partial charge in [-0.25, -0.2) is 9.97 Å². The van der Waals surface area contributed by atoms with Crippen LogP contribution in [-0.2, 0) is 6.54 Å². The topological polar surface area (TPSA) is 44.3 Å². The second kappa shape index (κ2) is 5.85. The van der Waals surface area contributed by atoms with Crippen LogP contribution >= 0.6 is 22.7 Å². The minimum atomic E-state index is 0.900. The maximum Gasteiger partial charge on any atom is 0.185 e. The summed E-state index contributed by atoms with van der Waals surface area (Å²) in [6.07, 6.45) is 3.85. The van der Waals surface area contributed by atoms with Gasteiger partial charge in [-0.2, -0.15) is 0 Å². The van der Waals surface area contributed by atoms with Crippen LogP contribution in [0.25, 0.3) is 0 Å². The van der Waals surface area contributed by atoms with Crippen molar-refractivity contribution >= 4 is 32.9 Å². The molecule has 1 fully saturated rings. The van der Waals surface area contributed by atoms with Crippen molar-refractivity contribution in [1.29, 1.82) is 0 Å². The van der Waals surface area contributed by atoms with Gasteiger partial charge in [-0.15, -0.1) is 22.7 Å². The van der Waals surface area contributed by atoms with Gasteiger partial charge in [0.2, 0.25) is 0 Å². The van der Waals surface area contributed by atoms with Gasteiger partial charge in [-0.05, 0) is 7.05 Å². The fraction of sp³-hybridized carbons (Fsp3) is 0.500. The Labute approximate surface area is 120 Å². The Balaban J connectivity index is 1.60. The highest BCUT2D eigenvalue weighted by Crippen LogP contribution is 2.25. The number of hydrogen-bond donors (Lipinski definition) is 1. The lowest BCUT2D eigenvalue weighted by molar-refractivity contribution is 0.650. The number of nitrogens with zero attached hydrogens (tertiary/aromatic N) is 4. The van der Waals surface area contributed by atoms with E-state index in [2.05, 4.69) is 25.1 Å². The van der Waals surface area contributed by atoms with Gasteiger partial charge in [-0.3, -0.25) is 0 Å². The first-order chi connectivity index (χ1) is 9.36. The van der Waals surface area contributed by atoms with Gasteiger partial charge in [0.25, 0.3) is 0 Å². The molecule has 0 spiro atoms. The van der Waals surface area contributed by atoms with Crippen LogP contribution in [0.3, 0.4) is 0 Å². The number of rotatable bonds is 4. The van der Waals surface area contributed by atoms with E-state index in [4.69, 9.17) is 0 Å². The molecule has 102 valence electrons. The highest BCUT2D eigenvalue weighted by atomic mass is 32.1. The van der Waals surface area contributed by atoms with Crippen molar-refractivity contribution in [3.63, 3.8) is 0 Å². The normalized spacial score (nSPS) is 16.1. The molecule has 19 heavy (non-hydrogen) atoms. The van der Waals surface area contributed by atoms with Crippen LogP contribution < -0.4 is 15.1 Å². The summed E-state index contributed by atoms with van der Waals surface area (Å²) in [6.45, 7) is 4.98. The van der Waals surface area contributed by atoms with E-state index < -0.39 is 0 Å². The summed E-state index contributed by atoms with van der Waals surface area (Å²) < 4.78 is 0. The first-order valence-electron chi connectivity index (χ1n) is 6.35. The number of hydrogen-bond acceptors (Lipinski definition) is 7. The first-order valence-corrected chi connectivity index (χ1v) is 8.05. The van der Waals surface area contributed by atoms with E-state index in [0.717, 1.165) is 43.0 Å². The Morgan fingerprint density at radius 2 is 1.89 bits per heavy atom. The molecule has 2 aromatic heterocycles. The molecule has 7 heteroatoms. The molecular weight excluding hydrogens is 278 g/mol. The average Bonchev–Trinajstić information content (AvgIpc) is 3.10. The lowest BCUT2D eigenvalue weighted by atomic mass is 10.3. The molecule has 0 unspecified atom stereocenters. The average molecular weight is 295 g/mol. The van der Waals surface area contributed by atoms with Gasteiger partial charge in [0.15, 0.2) is 10.3 Å². The second-order valence-electron chi connectivity index (χ2n) is 4.43. The van der Waals surface area contributed by atoms with E-state index in [1.54, 1.807) is 22.7 Å². The molecule has 0 radical (unpaired) electrons. The zero-order valence-electron chi connectivity index (χ0n) is 10.9. The number of anilines is 2. The van der Waals surface area contributed by atoms with Crippen LogP contribution in [0.2, 0.25) is 0 Å². The first kappa shape index (κ1) is 12.8. The molecule has 3 rings (SSSR count). The SMILES string of the molecule is CNCc1cnc(N2CCN(c3nccs3)CC2)s1. The Bertz CT molecular complexity index is 502. The van der Waals surface area contributed by atoms with E-state index in [-0.39, 0.29) is 0 Å². The third kappa shape index (κ3) is 2.88. The van der Waals surface area contributed by atoms with Crippen LogP contribution in [0.5, 0.6) is 0 Å². The van der Waals surface area contributed by atoms with Crippen LogP contribution in [0.1, 0.15) is 4.88 Å². The Hall–Kier alpha value is -1.18. The zero-order valence-corrected chi connectivity index (χ0v) is 12.5. The third-order valence-corrected chi connectivity index (χ3v) is 5.02. The molecule has 0 saturated carbocycles. The molecule has 0 atom stereocenters. The summed E-state index contributed by atoms with van der Waals surface area (Å²) in [7, 11) is 1.96. The van der Waals surface area contributed by atoms with Crippen molar-refractivity contribution in [3.05, 3.63) is 22.7 Å². The van der Waals surface area contributed by atoms with Crippen LogP contribution in [-0.4, -0.2) is 43.2 Å². The molecule has 2 aromatic rings. The van der Waals surface area contributed by atoms with Gasteiger partial charge in [0.05, 0.1) is 0 Å². The van der Waals surface area contributed by atoms with E-state index in [0.29, 0.717) is 0 Å². The molecule has 1 saturated heterocycles. The standard InChI is InChI=1S/C12H17N5S2/c1-13-8-10-9-15-12(19-10)17-5-3-16(4-6-17)11-14-2-7-18-11/h2,7,9,13H,3-6,8H2,1H3. The molecule has 0 amide bonds. The van der Waals surface area contributed by atoms with Gasteiger partial charge >= 0.3 is 0 Å². The largest absolute Gasteiger partial charge is 0.345 e. The second-order valence-corrected chi connectivity index (χ2v) is 6.39. The molecule has 0 bridgehead atoms. The lowest BCUT2D eigenvalue weighted by Crippen LogP contribution is -2.46. The molecule has 5 nitrogen and oxygen atoms in total. The van der Waals surface area contributed by atoms with E-state index in [9.17, 15) is 0 Å². The van der Waals surface area contributed by atoms with E-state index in [1.165, 1.54) is 4.88 Å². The monoisotopic (exact) mass is 295 g/mol. The van der Waals surface area contributed by atoms with Gasteiger partial charge in [0.1, 0.15) is 0 Å². The molecule has 1 aliphatic heterocycles. The number of aromatic nitrogens is 2. The number of piperazine rings is 1. The fourth-order valence-electron chi connectivity index (χ4n) is 2.16. The highest BCUT2D eigenvalue weighted by molar-refractivity contribution is 7.15. The number of nitrogens with one attached hydrogen (secondary N) is 1. The van der Waals surface area contributed by atoms with Crippen LogP contribution in [0.4, 0.5) is 10.3 Å². The Morgan fingerprint density at radius 1 is 1.16 bits per heavy atom. The summed E-state index contributed by atoms with van der Waals surface area (Å²) in [5, 5.41) is 7.47. The van der Waals surface area contributed by atoms with E-state index >= 15 is 0 Å².